The summed E-state index contributed by atoms with van der Waals surface area (Å²) < 4.78 is 0. The summed E-state index contributed by atoms with van der Waals surface area (Å²) in [6, 6.07) is 6.88. The van der Waals surface area contributed by atoms with E-state index in [-0.39, 0.29) is 0 Å². The zero-order chi connectivity index (χ0) is 13.0. The minimum absolute atomic E-state index is 0.583. The molecule has 1 heterocycles. The van der Waals surface area contributed by atoms with E-state index >= 15 is 0 Å². The van der Waals surface area contributed by atoms with Crippen LogP contribution in [0.3, 0.4) is 0 Å². The van der Waals surface area contributed by atoms with Gasteiger partial charge in [0.1, 0.15) is 0 Å². The van der Waals surface area contributed by atoms with Gasteiger partial charge in [0.05, 0.1) is 0 Å². The number of piperidine rings is 1. The first kappa shape index (κ1) is 14.1. The normalized spacial score (nSPS) is 24.2. The molecule has 18 heavy (non-hydrogen) atoms. The van der Waals surface area contributed by atoms with E-state index in [0.717, 1.165) is 23.7 Å². The summed E-state index contributed by atoms with van der Waals surface area (Å²) in [6.07, 6.45) is 3.87. The standard InChI is InChI=1S/C14H20Cl2N2/c1-10-3-2-4-13(18-10)9-17-8-11-5-6-12(15)7-14(11)16/h5-7,10,13,17-18H,2-4,8-9H2,1H3. The van der Waals surface area contributed by atoms with E-state index in [1.807, 2.05) is 12.1 Å². The van der Waals surface area contributed by atoms with Crippen LogP contribution in [-0.2, 0) is 6.54 Å². The van der Waals surface area contributed by atoms with Crippen molar-refractivity contribution in [3.63, 3.8) is 0 Å². The average Bonchev–Trinajstić information content (AvgIpc) is 2.32. The molecule has 2 nitrogen and oxygen atoms in total. The first-order chi connectivity index (χ1) is 8.65. The summed E-state index contributed by atoms with van der Waals surface area (Å²) in [4.78, 5) is 0. The predicted molar refractivity (Wildman–Crippen MR) is 78.4 cm³/mol. The molecule has 1 aromatic rings. The van der Waals surface area contributed by atoms with E-state index in [9.17, 15) is 0 Å². The van der Waals surface area contributed by atoms with Crippen molar-refractivity contribution in [3.8, 4) is 0 Å². The number of hydrogen-bond acceptors (Lipinski definition) is 2. The molecule has 0 radical (unpaired) electrons. The van der Waals surface area contributed by atoms with Crippen LogP contribution in [0.5, 0.6) is 0 Å². The summed E-state index contributed by atoms with van der Waals surface area (Å²) in [7, 11) is 0. The maximum absolute atomic E-state index is 6.13. The summed E-state index contributed by atoms with van der Waals surface area (Å²) in [5.41, 5.74) is 1.10. The number of hydrogen-bond donors (Lipinski definition) is 2. The van der Waals surface area contributed by atoms with Crippen LogP contribution in [-0.4, -0.2) is 18.6 Å². The summed E-state index contributed by atoms with van der Waals surface area (Å²) in [5, 5.41) is 8.49. The van der Waals surface area contributed by atoms with Crippen molar-refractivity contribution < 1.29 is 0 Å². The zero-order valence-corrected chi connectivity index (χ0v) is 12.2. The highest BCUT2D eigenvalue weighted by molar-refractivity contribution is 6.35. The van der Waals surface area contributed by atoms with Gasteiger partial charge >= 0.3 is 0 Å². The zero-order valence-electron chi connectivity index (χ0n) is 10.7. The van der Waals surface area contributed by atoms with Crippen molar-refractivity contribution in [2.24, 2.45) is 0 Å². The first-order valence-electron chi connectivity index (χ1n) is 6.56. The van der Waals surface area contributed by atoms with Gasteiger partial charge in [0.15, 0.2) is 0 Å². The van der Waals surface area contributed by atoms with E-state index in [4.69, 9.17) is 23.2 Å². The topological polar surface area (TPSA) is 24.1 Å². The molecule has 1 aliphatic rings. The molecular weight excluding hydrogens is 267 g/mol. The molecule has 1 aliphatic heterocycles. The lowest BCUT2D eigenvalue weighted by Gasteiger charge is -2.29. The lowest BCUT2D eigenvalue weighted by atomic mass is 9.99. The van der Waals surface area contributed by atoms with Crippen molar-refractivity contribution in [3.05, 3.63) is 33.8 Å². The second-order valence-corrected chi connectivity index (χ2v) is 5.91. The third kappa shape index (κ3) is 4.13. The van der Waals surface area contributed by atoms with Crippen molar-refractivity contribution in [1.82, 2.24) is 10.6 Å². The summed E-state index contributed by atoms with van der Waals surface area (Å²) >= 11 is 12.0. The molecule has 2 N–H and O–H groups in total. The van der Waals surface area contributed by atoms with Crippen LogP contribution in [0.2, 0.25) is 10.0 Å². The van der Waals surface area contributed by atoms with Crippen molar-refractivity contribution in [2.75, 3.05) is 6.54 Å². The van der Waals surface area contributed by atoms with Gasteiger partial charge in [-0.25, -0.2) is 0 Å². The molecule has 2 rings (SSSR count). The average molecular weight is 287 g/mol. The maximum atomic E-state index is 6.13. The maximum Gasteiger partial charge on any atom is 0.0465 e. The fourth-order valence-corrected chi connectivity index (χ4v) is 2.92. The minimum Gasteiger partial charge on any atom is -0.311 e. The van der Waals surface area contributed by atoms with Gasteiger partial charge in [-0.15, -0.1) is 0 Å². The Morgan fingerprint density at radius 3 is 2.89 bits per heavy atom. The lowest BCUT2D eigenvalue weighted by Crippen LogP contribution is -2.45. The molecule has 100 valence electrons. The third-order valence-corrected chi connectivity index (χ3v) is 4.02. The fourth-order valence-electron chi connectivity index (χ4n) is 2.45. The Morgan fingerprint density at radius 2 is 2.17 bits per heavy atom. The van der Waals surface area contributed by atoms with Gasteiger partial charge in [-0.2, -0.15) is 0 Å². The van der Waals surface area contributed by atoms with Gasteiger partial charge in [-0.3, -0.25) is 0 Å². The molecule has 4 heteroatoms. The van der Waals surface area contributed by atoms with Crippen molar-refractivity contribution in [2.45, 2.75) is 44.8 Å². The third-order valence-electron chi connectivity index (χ3n) is 3.43. The molecule has 2 unspecified atom stereocenters. The van der Waals surface area contributed by atoms with Gasteiger partial charge in [0.25, 0.3) is 0 Å². The molecule has 0 bridgehead atoms. The summed E-state index contributed by atoms with van der Waals surface area (Å²) in [5.74, 6) is 0. The molecule has 1 aromatic carbocycles. The van der Waals surface area contributed by atoms with Gasteiger partial charge in [-0.1, -0.05) is 35.7 Å². The smallest absolute Gasteiger partial charge is 0.0465 e. The Labute approximate surface area is 119 Å². The number of rotatable bonds is 4. The van der Waals surface area contributed by atoms with Crippen molar-refractivity contribution in [1.29, 1.82) is 0 Å². The highest BCUT2D eigenvalue weighted by Crippen LogP contribution is 2.20. The van der Waals surface area contributed by atoms with E-state index in [1.54, 1.807) is 6.07 Å². The second-order valence-electron chi connectivity index (χ2n) is 5.06. The monoisotopic (exact) mass is 286 g/mol. The lowest BCUT2D eigenvalue weighted by molar-refractivity contribution is 0.324. The number of nitrogens with one attached hydrogen (secondary N) is 2. The summed E-state index contributed by atoms with van der Waals surface area (Å²) in [6.45, 7) is 4.04. The van der Waals surface area contributed by atoms with Crippen LogP contribution in [0.1, 0.15) is 31.7 Å². The van der Waals surface area contributed by atoms with Crippen molar-refractivity contribution >= 4 is 23.2 Å². The van der Waals surface area contributed by atoms with Gasteiger partial charge in [0, 0.05) is 35.2 Å². The van der Waals surface area contributed by atoms with E-state index in [0.29, 0.717) is 17.1 Å². The molecular formula is C14H20Cl2N2. The molecule has 0 spiro atoms. The molecule has 2 atom stereocenters. The van der Waals surface area contributed by atoms with Crippen LogP contribution in [0.25, 0.3) is 0 Å². The molecule has 0 aromatic heterocycles. The van der Waals surface area contributed by atoms with Crippen LogP contribution >= 0.6 is 23.2 Å². The van der Waals surface area contributed by atoms with E-state index in [1.165, 1.54) is 19.3 Å². The quantitative estimate of drug-likeness (QED) is 0.884. The molecule has 0 saturated carbocycles. The van der Waals surface area contributed by atoms with E-state index < -0.39 is 0 Å². The van der Waals surface area contributed by atoms with Crippen LogP contribution in [0.4, 0.5) is 0 Å². The highest BCUT2D eigenvalue weighted by Gasteiger charge is 2.16. The Bertz CT molecular complexity index is 395. The fraction of sp³-hybridized carbons (Fsp3) is 0.571. The SMILES string of the molecule is CC1CCCC(CNCc2ccc(Cl)cc2Cl)N1. The van der Waals surface area contributed by atoms with E-state index in [2.05, 4.69) is 17.6 Å². The Balaban J connectivity index is 1.77. The van der Waals surface area contributed by atoms with Gasteiger partial charge < -0.3 is 10.6 Å². The van der Waals surface area contributed by atoms with Crippen LogP contribution < -0.4 is 10.6 Å². The second kappa shape index (κ2) is 6.76. The Morgan fingerprint density at radius 1 is 1.33 bits per heavy atom. The predicted octanol–water partition coefficient (Wildman–Crippen LogP) is 3.61. The highest BCUT2D eigenvalue weighted by atomic mass is 35.5. The van der Waals surface area contributed by atoms with Crippen LogP contribution in [0, 0.1) is 0 Å². The van der Waals surface area contributed by atoms with Gasteiger partial charge in [-0.05, 0) is 37.5 Å². The number of benzene rings is 1. The first-order valence-corrected chi connectivity index (χ1v) is 7.31. The Hall–Kier alpha value is -0.280. The largest absolute Gasteiger partial charge is 0.311 e. The molecule has 0 aliphatic carbocycles. The Kier molecular flexibility index (Phi) is 5.31. The molecule has 1 saturated heterocycles. The van der Waals surface area contributed by atoms with Gasteiger partial charge in [0.2, 0.25) is 0 Å². The number of halogens is 2. The van der Waals surface area contributed by atoms with Crippen LogP contribution in [0.15, 0.2) is 18.2 Å². The minimum atomic E-state index is 0.583. The molecule has 1 fully saturated rings. The molecule has 0 amide bonds.